The van der Waals surface area contributed by atoms with Crippen molar-refractivity contribution in [3.05, 3.63) is 89.7 Å². The van der Waals surface area contributed by atoms with E-state index in [-0.39, 0.29) is 12.5 Å². The van der Waals surface area contributed by atoms with Gasteiger partial charge in [-0.2, -0.15) is 0 Å². The Balaban J connectivity index is 0.000000696. The summed E-state index contributed by atoms with van der Waals surface area (Å²) in [7, 11) is -4.64. The second-order valence-electron chi connectivity index (χ2n) is 6.54. The normalized spacial score (nSPS) is 10.4. The summed E-state index contributed by atoms with van der Waals surface area (Å²) in [4.78, 5) is 49.6. The van der Waals surface area contributed by atoms with Crippen LogP contribution in [0.15, 0.2) is 73.1 Å². The van der Waals surface area contributed by atoms with E-state index in [1.807, 2.05) is 6.07 Å². The summed E-state index contributed by atoms with van der Waals surface area (Å²) in [6.07, 6.45) is 2.77. The van der Waals surface area contributed by atoms with Gasteiger partial charge < -0.3 is 35.8 Å². The molecule has 0 saturated heterocycles. The molecule has 0 aliphatic carbocycles. The molecule has 0 atom stereocenters. The summed E-state index contributed by atoms with van der Waals surface area (Å²) >= 11 is 0. The molecule has 174 valence electrons. The van der Waals surface area contributed by atoms with Gasteiger partial charge in [0.15, 0.2) is 0 Å². The molecular formula is C21H23N4O7P. The van der Waals surface area contributed by atoms with Gasteiger partial charge in [0.05, 0.1) is 11.4 Å². The lowest BCUT2D eigenvalue weighted by molar-refractivity contribution is 0.102. The lowest BCUT2D eigenvalue weighted by Gasteiger charge is -2.09. The van der Waals surface area contributed by atoms with E-state index < -0.39 is 13.9 Å². The topological polar surface area (TPSA) is 184 Å². The summed E-state index contributed by atoms with van der Waals surface area (Å²) in [5, 5.41) is 5.44. The van der Waals surface area contributed by atoms with Crippen molar-refractivity contribution in [2.24, 2.45) is 0 Å². The number of alkyl carbamates (subject to hydrolysis) is 1. The molecule has 0 bridgehead atoms. The average Bonchev–Trinajstić information content (AvgIpc) is 2.78. The fraction of sp³-hybridized carbons (Fsp3) is 0.0952. The number of carbonyl (C=O) groups excluding carboxylic acids is 2. The van der Waals surface area contributed by atoms with E-state index in [1.165, 1.54) is 0 Å². The van der Waals surface area contributed by atoms with Crippen LogP contribution in [0.25, 0.3) is 0 Å². The van der Waals surface area contributed by atoms with Gasteiger partial charge in [0.1, 0.15) is 6.61 Å². The number of nitrogens with two attached hydrogens (primary N) is 1. The van der Waals surface area contributed by atoms with Gasteiger partial charge in [-0.05, 0) is 35.9 Å². The van der Waals surface area contributed by atoms with Crippen LogP contribution in [0.4, 0.5) is 16.2 Å². The van der Waals surface area contributed by atoms with Gasteiger partial charge in [-0.25, -0.2) is 9.36 Å². The van der Waals surface area contributed by atoms with E-state index in [2.05, 4.69) is 15.6 Å². The first-order valence-corrected chi connectivity index (χ1v) is 11.0. The minimum absolute atomic E-state index is 0.154. The van der Waals surface area contributed by atoms with Crippen LogP contribution in [0, 0.1) is 0 Å². The zero-order valence-electron chi connectivity index (χ0n) is 17.3. The molecule has 11 nitrogen and oxygen atoms in total. The summed E-state index contributed by atoms with van der Waals surface area (Å²) in [5.74, 6) is -0.256. The molecule has 0 unspecified atom stereocenters. The average molecular weight is 474 g/mol. The number of nitrogens with one attached hydrogen (secondary N) is 2. The number of nitrogens with zero attached hydrogens (tertiary/aromatic N) is 1. The Morgan fingerprint density at radius 3 is 2.24 bits per heavy atom. The van der Waals surface area contributed by atoms with E-state index in [0.717, 1.165) is 11.1 Å². The number of amides is 2. The minimum atomic E-state index is -4.64. The van der Waals surface area contributed by atoms with Gasteiger partial charge in [-0.1, -0.05) is 30.3 Å². The molecule has 0 aliphatic rings. The van der Waals surface area contributed by atoms with Crippen LogP contribution in [0.1, 0.15) is 21.5 Å². The number of aromatic nitrogens is 1. The van der Waals surface area contributed by atoms with Gasteiger partial charge >= 0.3 is 13.9 Å². The van der Waals surface area contributed by atoms with Crippen LogP contribution >= 0.6 is 7.82 Å². The number of benzene rings is 2. The minimum Gasteiger partial charge on any atom is -0.445 e. The number of anilines is 2. The zero-order valence-corrected chi connectivity index (χ0v) is 18.2. The van der Waals surface area contributed by atoms with Crippen LogP contribution in [0.3, 0.4) is 0 Å². The van der Waals surface area contributed by atoms with Crippen molar-refractivity contribution < 1.29 is 33.6 Å². The molecule has 1 aromatic heterocycles. The number of pyridine rings is 1. The first-order chi connectivity index (χ1) is 15.6. The Morgan fingerprint density at radius 2 is 1.64 bits per heavy atom. The predicted molar refractivity (Wildman–Crippen MR) is 121 cm³/mol. The van der Waals surface area contributed by atoms with Crippen molar-refractivity contribution in [2.45, 2.75) is 13.2 Å². The van der Waals surface area contributed by atoms with Crippen molar-refractivity contribution in [3.8, 4) is 0 Å². The van der Waals surface area contributed by atoms with Gasteiger partial charge in [0.25, 0.3) is 5.91 Å². The van der Waals surface area contributed by atoms with Crippen LogP contribution in [-0.2, 0) is 22.5 Å². The summed E-state index contributed by atoms with van der Waals surface area (Å²) in [5.41, 5.74) is 9.04. The predicted octanol–water partition coefficient (Wildman–Crippen LogP) is 2.41. The van der Waals surface area contributed by atoms with Crippen molar-refractivity contribution in [1.29, 1.82) is 0 Å². The number of phosphoric acid groups is 1. The molecule has 33 heavy (non-hydrogen) atoms. The van der Waals surface area contributed by atoms with Crippen molar-refractivity contribution in [2.75, 3.05) is 11.1 Å². The monoisotopic (exact) mass is 474 g/mol. The Bertz CT molecular complexity index is 1100. The number of rotatable bonds is 6. The van der Waals surface area contributed by atoms with Crippen LogP contribution in [0.2, 0.25) is 0 Å². The van der Waals surface area contributed by atoms with E-state index in [0.29, 0.717) is 23.5 Å². The summed E-state index contributed by atoms with van der Waals surface area (Å²) < 4.78 is 14.0. The number of hydrogen-bond donors (Lipinski definition) is 6. The lowest BCUT2D eigenvalue weighted by atomic mass is 10.1. The second-order valence-corrected chi connectivity index (χ2v) is 7.57. The maximum absolute atomic E-state index is 12.3. The van der Waals surface area contributed by atoms with Gasteiger partial charge in [-0.15, -0.1) is 0 Å². The van der Waals surface area contributed by atoms with Gasteiger partial charge in [0.2, 0.25) is 0 Å². The molecule has 0 spiro atoms. The number of nitrogen functional groups attached to an aromatic ring is 1. The third kappa shape index (κ3) is 10.4. The Morgan fingerprint density at radius 1 is 0.970 bits per heavy atom. The highest BCUT2D eigenvalue weighted by Gasteiger charge is 2.08. The highest BCUT2D eigenvalue weighted by atomic mass is 31.2. The van der Waals surface area contributed by atoms with E-state index in [1.54, 1.807) is 67.0 Å². The molecule has 0 aliphatic heterocycles. The van der Waals surface area contributed by atoms with E-state index in [4.69, 9.17) is 29.7 Å². The SMILES string of the molecule is Nc1ccccc1NC(=O)c1ccc(CNC(=O)OCc2cccnc2)cc1.O=P(O)(O)O. The number of hydrogen-bond acceptors (Lipinski definition) is 6. The summed E-state index contributed by atoms with van der Waals surface area (Å²) in [6.45, 7) is 0.445. The number of ether oxygens (including phenoxy) is 1. The highest BCUT2D eigenvalue weighted by molar-refractivity contribution is 7.45. The molecule has 3 aromatic rings. The molecule has 0 fully saturated rings. The van der Waals surface area contributed by atoms with Crippen LogP contribution in [-0.4, -0.2) is 31.7 Å². The van der Waals surface area contributed by atoms with E-state index >= 15 is 0 Å². The molecule has 1 heterocycles. The largest absolute Gasteiger partial charge is 0.466 e. The molecular weight excluding hydrogens is 451 g/mol. The van der Waals surface area contributed by atoms with Gasteiger partial charge in [-0.3, -0.25) is 9.78 Å². The standard InChI is InChI=1S/C21H20N4O3.H3O4P/c22-18-5-1-2-6-19(18)25-20(26)17-9-7-15(8-10-17)13-24-21(27)28-14-16-4-3-11-23-12-16;1-5(2,3)4/h1-12H,13-14,22H2,(H,24,27)(H,25,26);(H3,1,2,3,4). The van der Waals surface area contributed by atoms with Crippen molar-refractivity contribution in [1.82, 2.24) is 10.3 Å². The van der Waals surface area contributed by atoms with E-state index in [9.17, 15) is 9.59 Å². The maximum atomic E-state index is 12.3. The summed E-state index contributed by atoms with van der Waals surface area (Å²) in [6, 6.07) is 17.6. The first kappa shape index (κ1) is 25.5. The molecule has 2 amide bonds. The Hall–Kier alpha value is -3.76. The highest BCUT2D eigenvalue weighted by Crippen LogP contribution is 2.25. The first-order valence-electron chi connectivity index (χ1n) is 9.44. The fourth-order valence-electron chi connectivity index (χ4n) is 2.44. The van der Waals surface area contributed by atoms with Crippen molar-refractivity contribution >= 4 is 31.2 Å². The van der Waals surface area contributed by atoms with Crippen molar-refractivity contribution in [3.63, 3.8) is 0 Å². The fourth-order valence-corrected chi connectivity index (χ4v) is 2.44. The van der Waals surface area contributed by atoms with Crippen LogP contribution in [0.5, 0.6) is 0 Å². The zero-order chi connectivity index (χ0) is 24.3. The molecule has 2 aromatic carbocycles. The third-order valence-electron chi connectivity index (χ3n) is 3.95. The Labute approximate surface area is 189 Å². The Kier molecular flexibility index (Phi) is 9.52. The van der Waals surface area contributed by atoms with Crippen LogP contribution < -0.4 is 16.4 Å². The lowest BCUT2D eigenvalue weighted by Crippen LogP contribution is -2.23. The number of carbonyl (C=O) groups is 2. The molecule has 7 N–H and O–H groups in total. The molecule has 0 saturated carbocycles. The maximum Gasteiger partial charge on any atom is 0.466 e. The van der Waals surface area contributed by atoms with Gasteiger partial charge in [0, 0.05) is 30.1 Å². The smallest absolute Gasteiger partial charge is 0.445 e. The number of para-hydroxylation sites is 2. The molecule has 0 radical (unpaired) electrons. The molecule has 3 rings (SSSR count). The second kappa shape index (κ2) is 12.3. The molecule has 12 heteroatoms. The third-order valence-corrected chi connectivity index (χ3v) is 3.95. The quantitative estimate of drug-likeness (QED) is 0.231.